The second-order valence-corrected chi connectivity index (χ2v) is 7.39. The van der Waals surface area contributed by atoms with Gasteiger partial charge in [-0.05, 0) is 31.2 Å². The molecule has 1 amide bonds. The highest BCUT2D eigenvalue weighted by Gasteiger charge is 2.14. The number of halogens is 2. The Balaban J connectivity index is 1.55. The molecule has 0 unspecified atom stereocenters. The van der Waals surface area contributed by atoms with Crippen LogP contribution in [0.15, 0.2) is 47.8 Å². The van der Waals surface area contributed by atoms with Crippen molar-refractivity contribution < 1.29 is 18.7 Å². The van der Waals surface area contributed by atoms with E-state index in [4.69, 9.17) is 16.3 Å². The number of hydrogen-bond acceptors (Lipinski definition) is 5. The lowest BCUT2D eigenvalue weighted by molar-refractivity contribution is -0.146. The highest BCUT2D eigenvalue weighted by molar-refractivity contribution is 7.09. The summed E-state index contributed by atoms with van der Waals surface area (Å²) in [5, 5.41) is 5.68. The molecule has 0 atom stereocenters. The number of nitrogens with zero attached hydrogens (tertiary/aromatic N) is 1. The molecule has 0 saturated carbocycles. The zero-order chi connectivity index (χ0) is 20.1. The number of benzene rings is 2. The fourth-order valence-corrected chi connectivity index (χ4v) is 3.34. The van der Waals surface area contributed by atoms with E-state index in [0.717, 1.165) is 16.3 Å². The molecule has 0 saturated heterocycles. The van der Waals surface area contributed by atoms with E-state index in [1.165, 1.54) is 18.2 Å². The lowest BCUT2D eigenvalue weighted by Crippen LogP contribution is -2.22. The molecule has 0 aliphatic heterocycles. The number of amides is 1. The van der Waals surface area contributed by atoms with Gasteiger partial charge in [0.05, 0.1) is 17.1 Å². The van der Waals surface area contributed by atoms with Gasteiger partial charge in [-0.3, -0.25) is 9.59 Å². The lowest BCUT2D eigenvalue weighted by Gasteiger charge is -2.09. The van der Waals surface area contributed by atoms with Crippen LogP contribution in [0.5, 0.6) is 0 Å². The Morgan fingerprint density at radius 3 is 2.75 bits per heavy atom. The van der Waals surface area contributed by atoms with Crippen LogP contribution in [-0.4, -0.2) is 23.5 Å². The van der Waals surface area contributed by atoms with Gasteiger partial charge in [-0.2, -0.15) is 0 Å². The van der Waals surface area contributed by atoms with E-state index >= 15 is 0 Å². The van der Waals surface area contributed by atoms with Crippen LogP contribution in [-0.2, 0) is 20.7 Å². The standard InChI is InChI=1S/C20H16ClFN2O3S/c1-12-23-18(11-28-12)13-4-2-5-14(8-13)24-19(25)10-27-20(26)9-15-16(21)6-3-7-17(15)22/h2-8,11H,9-10H2,1H3,(H,24,25). The van der Waals surface area contributed by atoms with Gasteiger partial charge in [-0.25, -0.2) is 9.37 Å². The molecule has 2 aromatic carbocycles. The average molecular weight is 419 g/mol. The third kappa shape index (κ3) is 5.15. The van der Waals surface area contributed by atoms with Crippen LogP contribution in [0.4, 0.5) is 10.1 Å². The highest BCUT2D eigenvalue weighted by atomic mass is 35.5. The van der Waals surface area contributed by atoms with E-state index in [-0.39, 0.29) is 17.0 Å². The van der Waals surface area contributed by atoms with Gasteiger partial charge in [-0.1, -0.05) is 29.8 Å². The minimum atomic E-state index is -0.742. The van der Waals surface area contributed by atoms with Gasteiger partial charge in [0.2, 0.25) is 0 Å². The van der Waals surface area contributed by atoms with Gasteiger partial charge >= 0.3 is 5.97 Å². The topological polar surface area (TPSA) is 68.3 Å². The summed E-state index contributed by atoms with van der Waals surface area (Å²) in [6.45, 7) is 1.44. The first-order valence-corrected chi connectivity index (χ1v) is 9.59. The largest absolute Gasteiger partial charge is 0.455 e. The van der Waals surface area contributed by atoms with Crippen molar-refractivity contribution in [3.05, 3.63) is 69.3 Å². The first kappa shape index (κ1) is 20.0. The van der Waals surface area contributed by atoms with Crippen molar-refractivity contribution in [1.29, 1.82) is 0 Å². The van der Waals surface area contributed by atoms with E-state index in [1.807, 2.05) is 18.4 Å². The Hall–Kier alpha value is -2.77. The number of aryl methyl sites for hydroxylation is 1. The molecule has 0 fully saturated rings. The van der Waals surface area contributed by atoms with Gasteiger partial charge in [0, 0.05) is 27.2 Å². The normalized spacial score (nSPS) is 10.5. The van der Waals surface area contributed by atoms with E-state index in [2.05, 4.69) is 10.3 Å². The monoisotopic (exact) mass is 418 g/mol. The molecule has 144 valence electrons. The average Bonchev–Trinajstić information content (AvgIpc) is 3.10. The number of esters is 1. The molecule has 8 heteroatoms. The SMILES string of the molecule is Cc1nc(-c2cccc(NC(=O)COC(=O)Cc3c(F)cccc3Cl)c2)cs1. The lowest BCUT2D eigenvalue weighted by atomic mass is 10.1. The Morgan fingerprint density at radius 1 is 1.25 bits per heavy atom. The smallest absolute Gasteiger partial charge is 0.310 e. The molecule has 3 rings (SSSR count). The van der Waals surface area contributed by atoms with Crippen molar-refractivity contribution in [2.75, 3.05) is 11.9 Å². The van der Waals surface area contributed by atoms with Crippen molar-refractivity contribution in [2.45, 2.75) is 13.3 Å². The maximum Gasteiger partial charge on any atom is 0.310 e. The zero-order valence-corrected chi connectivity index (χ0v) is 16.4. The molecular weight excluding hydrogens is 403 g/mol. The summed E-state index contributed by atoms with van der Waals surface area (Å²) in [4.78, 5) is 28.3. The van der Waals surface area contributed by atoms with Crippen LogP contribution in [0.3, 0.4) is 0 Å². The van der Waals surface area contributed by atoms with Gasteiger partial charge in [0.25, 0.3) is 5.91 Å². The molecule has 0 aliphatic rings. The minimum absolute atomic E-state index is 0.0424. The van der Waals surface area contributed by atoms with Crippen molar-refractivity contribution >= 4 is 40.5 Å². The van der Waals surface area contributed by atoms with Crippen molar-refractivity contribution in [2.24, 2.45) is 0 Å². The molecular formula is C20H16ClFN2O3S. The van der Waals surface area contributed by atoms with E-state index in [0.29, 0.717) is 5.69 Å². The Kier molecular flexibility index (Phi) is 6.38. The number of anilines is 1. The number of rotatable bonds is 6. The number of carbonyl (C=O) groups is 2. The molecule has 0 aliphatic carbocycles. The van der Waals surface area contributed by atoms with Crippen molar-refractivity contribution in [3.63, 3.8) is 0 Å². The first-order valence-electron chi connectivity index (χ1n) is 8.33. The predicted molar refractivity (Wildman–Crippen MR) is 107 cm³/mol. The molecule has 0 spiro atoms. The Bertz CT molecular complexity index is 1000. The van der Waals surface area contributed by atoms with Crippen LogP contribution in [0.25, 0.3) is 11.3 Å². The molecule has 1 N–H and O–H groups in total. The summed E-state index contributed by atoms with van der Waals surface area (Å²) in [7, 11) is 0. The van der Waals surface area contributed by atoms with Crippen LogP contribution >= 0.6 is 22.9 Å². The van der Waals surface area contributed by atoms with Crippen LogP contribution in [0.1, 0.15) is 10.6 Å². The Labute approximate surface area is 170 Å². The second kappa shape index (κ2) is 8.95. The van der Waals surface area contributed by atoms with Gasteiger partial charge in [0.15, 0.2) is 6.61 Å². The minimum Gasteiger partial charge on any atom is -0.455 e. The predicted octanol–water partition coefficient (Wildman–Crippen LogP) is 4.64. The van der Waals surface area contributed by atoms with Crippen molar-refractivity contribution in [3.8, 4) is 11.3 Å². The summed E-state index contributed by atoms with van der Waals surface area (Å²) in [5.41, 5.74) is 2.29. The Morgan fingerprint density at radius 2 is 2.04 bits per heavy atom. The molecule has 28 heavy (non-hydrogen) atoms. The number of hydrogen-bond donors (Lipinski definition) is 1. The quantitative estimate of drug-likeness (QED) is 0.592. The first-order chi connectivity index (χ1) is 13.4. The second-order valence-electron chi connectivity index (χ2n) is 5.92. The van der Waals surface area contributed by atoms with Gasteiger partial charge < -0.3 is 10.1 Å². The van der Waals surface area contributed by atoms with Gasteiger partial charge in [0.1, 0.15) is 5.82 Å². The molecule has 0 radical (unpaired) electrons. The third-order valence-corrected chi connectivity index (χ3v) is 4.94. The van der Waals surface area contributed by atoms with Crippen molar-refractivity contribution in [1.82, 2.24) is 4.98 Å². The number of aromatic nitrogens is 1. The fourth-order valence-electron chi connectivity index (χ4n) is 2.49. The number of nitrogens with one attached hydrogen (secondary N) is 1. The fraction of sp³-hybridized carbons (Fsp3) is 0.150. The molecule has 5 nitrogen and oxygen atoms in total. The summed E-state index contributed by atoms with van der Waals surface area (Å²) < 4.78 is 18.6. The maximum absolute atomic E-state index is 13.7. The number of carbonyl (C=O) groups excluding carboxylic acids is 2. The number of ether oxygens (including phenoxy) is 1. The zero-order valence-electron chi connectivity index (χ0n) is 14.9. The number of thiazole rings is 1. The van der Waals surface area contributed by atoms with Crippen LogP contribution < -0.4 is 5.32 Å². The van der Waals surface area contributed by atoms with Crippen LogP contribution in [0, 0.1) is 12.7 Å². The highest BCUT2D eigenvalue weighted by Crippen LogP contribution is 2.24. The molecule has 0 bridgehead atoms. The third-order valence-electron chi connectivity index (χ3n) is 3.81. The summed E-state index contributed by atoms with van der Waals surface area (Å²) in [6.07, 6.45) is -0.350. The van der Waals surface area contributed by atoms with Gasteiger partial charge in [-0.15, -0.1) is 11.3 Å². The summed E-state index contributed by atoms with van der Waals surface area (Å²) in [6, 6.07) is 11.3. The maximum atomic E-state index is 13.7. The summed E-state index contributed by atoms with van der Waals surface area (Å²) >= 11 is 7.42. The van der Waals surface area contributed by atoms with Crippen LogP contribution in [0.2, 0.25) is 5.02 Å². The van der Waals surface area contributed by atoms with E-state index < -0.39 is 24.3 Å². The van der Waals surface area contributed by atoms with E-state index in [9.17, 15) is 14.0 Å². The van der Waals surface area contributed by atoms with E-state index in [1.54, 1.807) is 29.5 Å². The molecule has 1 aromatic heterocycles. The molecule has 1 heterocycles. The summed E-state index contributed by atoms with van der Waals surface area (Å²) in [5.74, 6) is -1.84. The molecule has 3 aromatic rings.